The molecule has 1 aliphatic rings. The largest absolute Gasteiger partial charge is 0.478 e. The molecular formula is C13H14N2O3. The van der Waals surface area contributed by atoms with E-state index in [1.54, 1.807) is 12.1 Å². The summed E-state index contributed by atoms with van der Waals surface area (Å²) < 4.78 is 0. The van der Waals surface area contributed by atoms with E-state index in [4.69, 9.17) is 15.5 Å². The number of nitriles is 1. The number of anilines is 1. The highest BCUT2D eigenvalue weighted by molar-refractivity contribution is 5.91. The summed E-state index contributed by atoms with van der Waals surface area (Å²) >= 11 is 0. The van der Waals surface area contributed by atoms with Crippen molar-refractivity contribution >= 4 is 11.7 Å². The molecule has 94 valence electrons. The van der Waals surface area contributed by atoms with Crippen LogP contribution in [-0.4, -0.2) is 35.9 Å². The summed E-state index contributed by atoms with van der Waals surface area (Å²) in [4.78, 5) is 13.0. The van der Waals surface area contributed by atoms with E-state index < -0.39 is 5.97 Å². The Morgan fingerprint density at radius 2 is 2.33 bits per heavy atom. The molecule has 1 aromatic rings. The second-order valence-electron chi connectivity index (χ2n) is 4.43. The van der Waals surface area contributed by atoms with Crippen molar-refractivity contribution in [1.82, 2.24) is 0 Å². The van der Waals surface area contributed by atoms with Gasteiger partial charge < -0.3 is 15.1 Å². The Hall–Kier alpha value is -2.06. The molecule has 0 amide bonds. The molecule has 18 heavy (non-hydrogen) atoms. The summed E-state index contributed by atoms with van der Waals surface area (Å²) in [7, 11) is 0. The van der Waals surface area contributed by atoms with E-state index in [2.05, 4.69) is 4.90 Å². The van der Waals surface area contributed by atoms with Gasteiger partial charge in [-0.1, -0.05) is 0 Å². The molecule has 0 aliphatic carbocycles. The monoisotopic (exact) mass is 246 g/mol. The molecule has 0 saturated carbocycles. The lowest BCUT2D eigenvalue weighted by Gasteiger charge is -2.19. The van der Waals surface area contributed by atoms with Gasteiger partial charge in [-0.05, 0) is 24.6 Å². The first-order valence-corrected chi connectivity index (χ1v) is 5.79. The van der Waals surface area contributed by atoms with Gasteiger partial charge in [0.05, 0.1) is 11.1 Å². The Labute approximate surface area is 105 Å². The number of hydrogen-bond donors (Lipinski definition) is 2. The summed E-state index contributed by atoms with van der Waals surface area (Å²) in [6.07, 6.45) is 0.916. The van der Waals surface area contributed by atoms with Crippen molar-refractivity contribution in [3.8, 4) is 6.07 Å². The summed E-state index contributed by atoms with van der Waals surface area (Å²) in [5.41, 5.74) is 1.04. The maximum atomic E-state index is 10.9. The van der Waals surface area contributed by atoms with Crippen LogP contribution in [0.25, 0.3) is 0 Å². The van der Waals surface area contributed by atoms with Crippen LogP contribution >= 0.6 is 0 Å². The van der Waals surface area contributed by atoms with Gasteiger partial charge in [-0.25, -0.2) is 4.79 Å². The van der Waals surface area contributed by atoms with Crippen LogP contribution in [0, 0.1) is 17.2 Å². The lowest BCUT2D eigenvalue weighted by Crippen LogP contribution is -2.20. The van der Waals surface area contributed by atoms with Crippen molar-refractivity contribution in [2.75, 3.05) is 24.6 Å². The second-order valence-corrected chi connectivity index (χ2v) is 4.43. The zero-order valence-corrected chi connectivity index (χ0v) is 9.83. The first-order chi connectivity index (χ1) is 8.65. The lowest BCUT2D eigenvalue weighted by molar-refractivity contribution is 0.0696. The number of benzene rings is 1. The molecule has 1 fully saturated rings. The van der Waals surface area contributed by atoms with E-state index in [-0.39, 0.29) is 23.7 Å². The normalized spacial score (nSPS) is 18.7. The quantitative estimate of drug-likeness (QED) is 0.833. The van der Waals surface area contributed by atoms with Crippen LogP contribution < -0.4 is 4.90 Å². The Kier molecular flexibility index (Phi) is 3.49. The van der Waals surface area contributed by atoms with E-state index in [9.17, 15) is 4.79 Å². The third kappa shape index (κ3) is 2.29. The summed E-state index contributed by atoms with van der Waals surface area (Å²) in [5, 5.41) is 27.0. The fourth-order valence-corrected chi connectivity index (χ4v) is 2.22. The molecule has 1 heterocycles. The van der Waals surface area contributed by atoms with E-state index in [0.717, 1.165) is 25.2 Å². The highest BCUT2D eigenvalue weighted by Gasteiger charge is 2.23. The average Bonchev–Trinajstić information content (AvgIpc) is 2.86. The zero-order valence-electron chi connectivity index (χ0n) is 9.83. The molecule has 0 spiro atoms. The number of hydrogen-bond acceptors (Lipinski definition) is 4. The maximum Gasteiger partial charge on any atom is 0.337 e. The molecule has 1 saturated heterocycles. The molecule has 0 unspecified atom stereocenters. The fraction of sp³-hybridized carbons (Fsp3) is 0.385. The van der Waals surface area contributed by atoms with Crippen LogP contribution in [0.15, 0.2) is 18.2 Å². The molecule has 1 aromatic carbocycles. The molecule has 5 heteroatoms. The molecule has 2 N–H and O–H groups in total. The molecule has 2 rings (SSSR count). The van der Waals surface area contributed by atoms with E-state index in [0.29, 0.717) is 0 Å². The minimum atomic E-state index is -1.09. The van der Waals surface area contributed by atoms with Crippen LogP contribution in [0.5, 0.6) is 0 Å². The molecule has 0 bridgehead atoms. The van der Waals surface area contributed by atoms with E-state index >= 15 is 0 Å². The van der Waals surface area contributed by atoms with Gasteiger partial charge in [-0.3, -0.25) is 0 Å². The molecular weight excluding hydrogens is 232 g/mol. The highest BCUT2D eigenvalue weighted by atomic mass is 16.4. The van der Waals surface area contributed by atoms with Crippen molar-refractivity contribution < 1.29 is 15.0 Å². The first-order valence-electron chi connectivity index (χ1n) is 5.79. The minimum absolute atomic E-state index is 0.0270. The SMILES string of the molecule is N#Cc1cc(N2CC[C@H](CO)C2)ccc1C(=O)O. The Bertz CT molecular complexity index is 507. The van der Waals surface area contributed by atoms with Gasteiger partial charge in [0, 0.05) is 31.3 Å². The molecule has 1 atom stereocenters. The smallest absolute Gasteiger partial charge is 0.337 e. The van der Waals surface area contributed by atoms with Gasteiger partial charge in [0.2, 0.25) is 0 Å². The minimum Gasteiger partial charge on any atom is -0.478 e. The van der Waals surface area contributed by atoms with Crippen LogP contribution in [0.3, 0.4) is 0 Å². The van der Waals surface area contributed by atoms with Crippen molar-refractivity contribution in [1.29, 1.82) is 5.26 Å². The van der Waals surface area contributed by atoms with Crippen LogP contribution in [-0.2, 0) is 0 Å². The second kappa shape index (κ2) is 5.07. The van der Waals surface area contributed by atoms with Crippen molar-refractivity contribution in [2.45, 2.75) is 6.42 Å². The number of rotatable bonds is 3. The van der Waals surface area contributed by atoms with Gasteiger partial charge in [-0.15, -0.1) is 0 Å². The highest BCUT2D eigenvalue weighted by Crippen LogP contribution is 2.25. The van der Waals surface area contributed by atoms with Crippen molar-refractivity contribution in [3.05, 3.63) is 29.3 Å². The van der Waals surface area contributed by atoms with E-state index in [1.807, 2.05) is 6.07 Å². The van der Waals surface area contributed by atoms with Crippen LogP contribution in [0.4, 0.5) is 5.69 Å². The van der Waals surface area contributed by atoms with E-state index in [1.165, 1.54) is 6.07 Å². The number of carbonyl (C=O) groups is 1. The number of aliphatic hydroxyl groups excluding tert-OH is 1. The summed E-state index contributed by atoms with van der Waals surface area (Å²) in [5.74, 6) is -0.831. The molecule has 0 radical (unpaired) electrons. The lowest BCUT2D eigenvalue weighted by atomic mass is 10.1. The third-order valence-corrected chi connectivity index (χ3v) is 3.26. The Balaban J connectivity index is 2.26. The van der Waals surface area contributed by atoms with Crippen LogP contribution in [0.2, 0.25) is 0 Å². The van der Waals surface area contributed by atoms with Crippen molar-refractivity contribution in [3.63, 3.8) is 0 Å². The predicted octanol–water partition coefficient (Wildman–Crippen LogP) is 1.08. The fourth-order valence-electron chi connectivity index (χ4n) is 2.22. The van der Waals surface area contributed by atoms with Gasteiger partial charge in [0.25, 0.3) is 0 Å². The van der Waals surface area contributed by atoms with Gasteiger partial charge >= 0.3 is 5.97 Å². The number of nitrogens with zero attached hydrogens (tertiary/aromatic N) is 2. The van der Waals surface area contributed by atoms with Crippen LogP contribution in [0.1, 0.15) is 22.3 Å². The molecule has 1 aliphatic heterocycles. The summed E-state index contributed by atoms with van der Waals surface area (Å²) in [6.45, 7) is 1.73. The summed E-state index contributed by atoms with van der Waals surface area (Å²) in [6, 6.07) is 6.68. The average molecular weight is 246 g/mol. The molecule has 5 nitrogen and oxygen atoms in total. The zero-order chi connectivity index (χ0) is 13.1. The number of aromatic carboxylic acids is 1. The van der Waals surface area contributed by atoms with Gasteiger partial charge in [0.15, 0.2) is 0 Å². The standard InChI is InChI=1S/C13H14N2O3/c14-6-10-5-11(1-2-12(10)13(17)18)15-4-3-9(7-15)8-16/h1-2,5,9,16H,3-4,7-8H2,(H,17,18)/t9-/m0/s1. The number of aliphatic hydroxyl groups is 1. The molecule has 0 aromatic heterocycles. The maximum absolute atomic E-state index is 10.9. The first kappa shape index (κ1) is 12.4. The van der Waals surface area contributed by atoms with Crippen molar-refractivity contribution in [2.24, 2.45) is 5.92 Å². The topological polar surface area (TPSA) is 84.6 Å². The van der Waals surface area contributed by atoms with Gasteiger partial charge in [-0.2, -0.15) is 5.26 Å². The number of carboxylic acid groups (broad SMARTS) is 1. The third-order valence-electron chi connectivity index (χ3n) is 3.26. The number of carboxylic acids is 1. The Morgan fingerprint density at radius 3 is 2.89 bits per heavy atom. The van der Waals surface area contributed by atoms with Gasteiger partial charge in [0.1, 0.15) is 6.07 Å². The predicted molar refractivity (Wildman–Crippen MR) is 65.5 cm³/mol. The Morgan fingerprint density at radius 1 is 1.56 bits per heavy atom.